The van der Waals surface area contributed by atoms with Crippen molar-refractivity contribution in [2.45, 2.75) is 6.92 Å². The predicted octanol–water partition coefficient (Wildman–Crippen LogP) is 3.76. The van der Waals surface area contributed by atoms with E-state index in [0.29, 0.717) is 47.0 Å². The third-order valence-corrected chi connectivity index (χ3v) is 5.23. The second-order valence-corrected chi connectivity index (χ2v) is 8.37. The lowest BCUT2D eigenvalue weighted by atomic mass is 10.3. The molecule has 35 heavy (non-hydrogen) atoms. The maximum Gasteiger partial charge on any atom is 0.325 e. The zero-order chi connectivity index (χ0) is 24.6. The van der Waals surface area contributed by atoms with Crippen LogP contribution in [0.25, 0.3) is 11.0 Å². The number of hydrogen-bond acceptors (Lipinski definition) is 9. The number of rotatable bonds is 10. The summed E-state index contributed by atoms with van der Waals surface area (Å²) >= 11 is 1.29. The Morgan fingerprint density at radius 3 is 2.54 bits per heavy atom. The van der Waals surface area contributed by atoms with Crippen LogP contribution in [0.3, 0.4) is 0 Å². The van der Waals surface area contributed by atoms with E-state index in [0.717, 1.165) is 10.5 Å². The van der Waals surface area contributed by atoms with Crippen LogP contribution in [0.1, 0.15) is 5.01 Å². The molecule has 2 aromatic carbocycles. The van der Waals surface area contributed by atoms with Crippen molar-refractivity contribution >= 4 is 51.1 Å². The van der Waals surface area contributed by atoms with Gasteiger partial charge in [-0.25, -0.2) is 9.78 Å². The Morgan fingerprint density at radius 1 is 1.00 bits per heavy atom. The third kappa shape index (κ3) is 6.96. The average Bonchev–Trinajstić information content (AvgIpc) is 3.42. The lowest BCUT2D eigenvalue weighted by Crippen LogP contribution is -2.20. The first-order valence-corrected chi connectivity index (χ1v) is 11.3. The third-order valence-electron chi connectivity index (χ3n) is 4.47. The number of nitrogens with one attached hydrogen (secondary N) is 4. The van der Waals surface area contributed by atoms with E-state index >= 15 is 0 Å². The van der Waals surface area contributed by atoms with Gasteiger partial charge in [0.05, 0.1) is 24.2 Å². The van der Waals surface area contributed by atoms with E-state index < -0.39 is 6.03 Å². The Bertz CT molecular complexity index is 1310. The van der Waals surface area contributed by atoms with Crippen LogP contribution < -0.4 is 20.7 Å². The molecule has 0 unspecified atom stereocenters. The van der Waals surface area contributed by atoms with Gasteiger partial charge in [0.2, 0.25) is 11.1 Å². The standard InChI is InChI=1S/C22H23N7O5S/c1-13-28-29-22(35-13)27-21(31)23-14-3-5-15(6-4-14)34-16-7-8-17-18(11-16)25-20(24-17)26-19(30)12-33-10-9-32-2/h3-8,11H,9-10,12H2,1-2H3,(H2,23,27,29,31)(H2,24,25,26,30). The van der Waals surface area contributed by atoms with Crippen LogP contribution in [0.5, 0.6) is 11.5 Å². The van der Waals surface area contributed by atoms with E-state index in [2.05, 4.69) is 36.1 Å². The largest absolute Gasteiger partial charge is 0.457 e. The number of nitrogens with zero attached hydrogens (tertiary/aromatic N) is 3. The Balaban J connectivity index is 1.31. The first kappa shape index (κ1) is 24.1. The lowest BCUT2D eigenvalue weighted by Gasteiger charge is -2.08. The van der Waals surface area contributed by atoms with E-state index in [4.69, 9.17) is 14.2 Å². The number of H-pyrrole nitrogens is 1. The summed E-state index contributed by atoms with van der Waals surface area (Å²) in [6, 6.07) is 11.8. The summed E-state index contributed by atoms with van der Waals surface area (Å²) in [7, 11) is 1.56. The van der Waals surface area contributed by atoms with Gasteiger partial charge in [0, 0.05) is 18.9 Å². The molecule has 12 nitrogen and oxygen atoms in total. The number of fused-ring (bicyclic) bond motifs is 1. The number of aromatic nitrogens is 4. The number of ether oxygens (including phenoxy) is 3. The molecule has 0 atom stereocenters. The summed E-state index contributed by atoms with van der Waals surface area (Å²) in [5, 5.41) is 16.9. The summed E-state index contributed by atoms with van der Waals surface area (Å²) in [6.45, 7) is 2.46. The van der Waals surface area contributed by atoms with Crippen LogP contribution in [0.15, 0.2) is 42.5 Å². The van der Waals surface area contributed by atoms with Crippen LogP contribution in [0.4, 0.5) is 21.6 Å². The smallest absolute Gasteiger partial charge is 0.325 e. The van der Waals surface area contributed by atoms with Crippen LogP contribution >= 0.6 is 11.3 Å². The Kier molecular flexibility index (Phi) is 7.82. The fraction of sp³-hybridized carbons (Fsp3) is 0.227. The van der Waals surface area contributed by atoms with Gasteiger partial charge in [-0.05, 0) is 43.3 Å². The van der Waals surface area contributed by atoms with Crippen molar-refractivity contribution in [2.75, 3.05) is 42.9 Å². The SMILES string of the molecule is COCCOCC(=O)Nc1nc2cc(Oc3ccc(NC(=O)Nc4nnc(C)s4)cc3)ccc2[nH]1. The van der Waals surface area contributed by atoms with Crippen LogP contribution in [-0.2, 0) is 14.3 Å². The number of imidazole rings is 1. The molecule has 13 heteroatoms. The Morgan fingerprint density at radius 2 is 1.80 bits per heavy atom. The fourth-order valence-electron chi connectivity index (χ4n) is 2.93. The van der Waals surface area contributed by atoms with E-state index in [1.54, 1.807) is 49.6 Å². The van der Waals surface area contributed by atoms with E-state index in [1.807, 2.05) is 6.92 Å². The van der Waals surface area contributed by atoms with Gasteiger partial charge in [-0.1, -0.05) is 11.3 Å². The minimum Gasteiger partial charge on any atom is -0.457 e. The Labute approximate surface area is 204 Å². The van der Waals surface area contributed by atoms with Crippen molar-refractivity contribution in [3.8, 4) is 11.5 Å². The molecule has 182 valence electrons. The molecular weight excluding hydrogens is 474 g/mol. The van der Waals surface area contributed by atoms with Gasteiger partial charge in [0.15, 0.2) is 0 Å². The highest BCUT2D eigenvalue weighted by Crippen LogP contribution is 2.26. The molecule has 0 saturated heterocycles. The molecule has 0 aliphatic heterocycles. The molecule has 0 saturated carbocycles. The number of carbonyl (C=O) groups excluding carboxylic acids is 2. The van der Waals surface area contributed by atoms with Gasteiger partial charge in [-0.2, -0.15) is 0 Å². The molecule has 0 bridgehead atoms. The highest BCUT2D eigenvalue weighted by atomic mass is 32.1. The second kappa shape index (κ2) is 11.4. The number of hydrogen-bond donors (Lipinski definition) is 4. The van der Waals surface area contributed by atoms with Crippen molar-refractivity contribution in [1.29, 1.82) is 0 Å². The van der Waals surface area contributed by atoms with Crippen molar-refractivity contribution in [3.63, 3.8) is 0 Å². The number of methoxy groups -OCH3 is 1. The number of carbonyl (C=O) groups is 2. The minimum atomic E-state index is -0.414. The zero-order valence-electron chi connectivity index (χ0n) is 19.0. The van der Waals surface area contributed by atoms with Crippen LogP contribution in [0.2, 0.25) is 0 Å². The van der Waals surface area contributed by atoms with Crippen LogP contribution in [0, 0.1) is 6.92 Å². The molecular formula is C22H23N7O5S. The van der Waals surface area contributed by atoms with E-state index in [-0.39, 0.29) is 12.5 Å². The van der Waals surface area contributed by atoms with Crippen molar-refractivity contribution in [1.82, 2.24) is 20.2 Å². The number of amides is 3. The monoisotopic (exact) mass is 497 g/mol. The van der Waals surface area contributed by atoms with E-state index in [1.165, 1.54) is 11.3 Å². The first-order chi connectivity index (χ1) is 17.0. The fourth-order valence-corrected chi connectivity index (χ4v) is 3.52. The Hall–Kier alpha value is -4.07. The van der Waals surface area contributed by atoms with Crippen molar-refractivity contribution in [2.24, 2.45) is 0 Å². The second-order valence-electron chi connectivity index (χ2n) is 7.19. The summed E-state index contributed by atoms with van der Waals surface area (Å²) in [5.74, 6) is 1.13. The molecule has 3 amide bonds. The molecule has 0 aliphatic rings. The summed E-state index contributed by atoms with van der Waals surface area (Å²) in [4.78, 5) is 31.4. The predicted molar refractivity (Wildman–Crippen MR) is 131 cm³/mol. The molecule has 2 aromatic heterocycles. The summed E-state index contributed by atoms with van der Waals surface area (Å²) < 4.78 is 16.0. The van der Waals surface area contributed by atoms with Gasteiger partial charge < -0.3 is 24.5 Å². The number of aromatic amines is 1. The van der Waals surface area contributed by atoms with Crippen molar-refractivity contribution < 1.29 is 23.8 Å². The van der Waals surface area contributed by atoms with Crippen LogP contribution in [-0.4, -0.2) is 59.0 Å². The molecule has 2 heterocycles. The molecule has 0 spiro atoms. The first-order valence-electron chi connectivity index (χ1n) is 10.5. The number of urea groups is 1. The number of anilines is 3. The van der Waals surface area contributed by atoms with E-state index in [9.17, 15) is 9.59 Å². The normalized spacial score (nSPS) is 10.8. The highest BCUT2D eigenvalue weighted by Gasteiger charge is 2.10. The van der Waals surface area contributed by atoms with Gasteiger partial charge in [0.1, 0.15) is 23.1 Å². The lowest BCUT2D eigenvalue weighted by molar-refractivity contribution is -0.121. The maximum atomic E-state index is 12.1. The van der Waals surface area contributed by atoms with Gasteiger partial charge >= 0.3 is 6.03 Å². The maximum absolute atomic E-state index is 12.1. The molecule has 4 N–H and O–H groups in total. The van der Waals surface area contributed by atoms with Gasteiger partial charge in [0.25, 0.3) is 5.91 Å². The number of aryl methyl sites for hydroxylation is 1. The molecule has 4 aromatic rings. The number of benzene rings is 2. The highest BCUT2D eigenvalue weighted by molar-refractivity contribution is 7.15. The summed E-state index contributed by atoms with van der Waals surface area (Å²) in [6.07, 6.45) is 0. The quantitative estimate of drug-likeness (QED) is 0.242. The minimum absolute atomic E-state index is 0.0942. The molecule has 4 rings (SSSR count). The average molecular weight is 498 g/mol. The molecule has 0 radical (unpaired) electrons. The van der Waals surface area contributed by atoms with Gasteiger partial charge in [-0.15, -0.1) is 10.2 Å². The summed E-state index contributed by atoms with van der Waals surface area (Å²) in [5.41, 5.74) is 1.95. The zero-order valence-corrected chi connectivity index (χ0v) is 19.8. The van der Waals surface area contributed by atoms with Crippen molar-refractivity contribution in [3.05, 3.63) is 47.5 Å². The molecule has 0 aliphatic carbocycles. The molecule has 0 fully saturated rings. The van der Waals surface area contributed by atoms with Gasteiger partial charge in [-0.3, -0.25) is 15.4 Å². The topological polar surface area (TPSA) is 152 Å².